The van der Waals surface area contributed by atoms with Gasteiger partial charge in [0.2, 0.25) is 0 Å². The molecule has 4 N–H and O–H groups in total. The van der Waals surface area contributed by atoms with Crippen molar-refractivity contribution < 1.29 is 20.1 Å². The summed E-state index contributed by atoms with van der Waals surface area (Å²) in [6.07, 6.45) is 11.7. The molecule has 0 unspecified atom stereocenters. The molecule has 1 saturated carbocycles. The number of hydrogen-bond donors (Lipinski definition) is 4. The van der Waals surface area contributed by atoms with Gasteiger partial charge in [0.25, 0.3) is 0 Å². The molecule has 18 heavy (non-hydrogen) atoms. The number of allylic oxidation sites excluding steroid dienone is 2. The maximum atomic E-state index is 8.73. The molecule has 0 aromatic heterocycles. The Morgan fingerprint density at radius 2 is 1.56 bits per heavy atom. The summed E-state index contributed by atoms with van der Waals surface area (Å²) >= 11 is 0. The second kappa shape index (κ2) is 8.75. The van der Waals surface area contributed by atoms with Crippen molar-refractivity contribution in [3.05, 3.63) is 11.5 Å². The molecule has 4 nitrogen and oxygen atoms in total. The van der Waals surface area contributed by atoms with Crippen molar-refractivity contribution in [1.29, 1.82) is 0 Å². The van der Waals surface area contributed by atoms with Gasteiger partial charge in [0, 0.05) is 0 Å². The molecule has 0 saturated heterocycles. The van der Waals surface area contributed by atoms with Crippen molar-refractivity contribution in [3.63, 3.8) is 0 Å². The van der Waals surface area contributed by atoms with Gasteiger partial charge in [0.05, 0.1) is 0 Å². The van der Waals surface area contributed by atoms with E-state index in [9.17, 15) is 0 Å². The maximum Gasteiger partial charge on any atom is 0.483 e. The van der Waals surface area contributed by atoms with E-state index in [0.717, 1.165) is 37.6 Å². The molecule has 0 amide bonds. The second-order valence-corrected chi connectivity index (χ2v) is 5.21. The molecule has 2 aliphatic rings. The SMILES string of the molecule is OB(O)C1=CCCCC1.OB(O)C1CCCCC1. The Balaban J connectivity index is 0.000000180. The van der Waals surface area contributed by atoms with E-state index in [-0.39, 0.29) is 5.82 Å². The highest BCUT2D eigenvalue weighted by Crippen LogP contribution is 2.29. The smallest absolute Gasteiger partial charge is 0.427 e. The van der Waals surface area contributed by atoms with Crippen LogP contribution in [-0.2, 0) is 0 Å². The molecular formula is C12H24B2O4. The van der Waals surface area contributed by atoms with E-state index in [0.29, 0.717) is 0 Å². The van der Waals surface area contributed by atoms with Crippen LogP contribution in [0.25, 0.3) is 0 Å². The minimum atomic E-state index is -1.20. The highest BCUT2D eigenvalue weighted by molar-refractivity contribution is 6.50. The number of hydrogen-bond acceptors (Lipinski definition) is 4. The highest BCUT2D eigenvalue weighted by atomic mass is 16.4. The first kappa shape index (κ1) is 15.8. The van der Waals surface area contributed by atoms with Gasteiger partial charge in [-0.15, -0.1) is 0 Å². The van der Waals surface area contributed by atoms with E-state index in [1.165, 1.54) is 25.7 Å². The maximum absolute atomic E-state index is 8.73. The molecule has 0 aliphatic heterocycles. The van der Waals surface area contributed by atoms with Gasteiger partial charge in [-0.05, 0) is 37.0 Å². The molecular weight excluding hydrogens is 230 g/mol. The topological polar surface area (TPSA) is 80.9 Å². The van der Waals surface area contributed by atoms with Crippen LogP contribution in [0, 0.1) is 0 Å². The first-order valence-corrected chi connectivity index (χ1v) is 7.02. The van der Waals surface area contributed by atoms with Crippen LogP contribution in [0.15, 0.2) is 11.5 Å². The minimum absolute atomic E-state index is 0.166. The zero-order valence-corrected chi connectivity index (χ0v) is 11.0. The quantitative estimate of drug-likeness (QED) is 0.560. The molecule has 6 heteroatoms. The largest absolute Gasteiger partial charge is 0.483 e. The van der Waals surface area contributed by atoms with Crippen molar-refractivity contribution in [3.8, 4) is 0 Å². The van der Waals surface area contributed by atoms with Gasteiger partial charge >= 0.3 is 14.2 Å². The van der Waals surface area contributed by atoms with E-state index in [1.807, 2.05) is 6.08 Å². The lowest BCUT2D eigenvalue weighted by Gasteiger charge is -2.19. The second-order valence-electron chi connectivity index (χ2n) is 5.21. The third kappa shape index (κ3) is 6.05. The monoisotopic (exact) mass is 254 g/mol. The summed E-state index contributed by atoms with van der Waals surface area (Å²) in [5.74, 6) is 0.166. The first-order valence-electron chi connectivity index (χ1n) is 7.02. The van der Waals surface area contributed by atoms with Crippen molar-refractivity contribution in [1.82, 2.24) is 0 Å². The first-order chi connectivity index (χ1) is 8.61. The summed E-state index contributed by atoms with van der Waals surface area (Å²) in [7, 11) is -2.27. The van der Waals surface area contributed by atoms with Crippen molar-refractivity contribution >= 4 is 14.2 Å². The summed E-state index contributed by atoms with van der Waals surface area (Å²) in [5, 5.41) is 34.8. The zero-order chi connectivity index (χ0) is 13.4. The lowest BCUT2D eigenvalue weighted by atomic mass is 9.65. The molecule has 0 radical (unpaired) electrons. The van der Waals surface area contributed by atoms with Crippen LogP contribution < -0.4 is 0 Å². The molecule has 0 atom stereocenters. The van der Waals surface area contributed by atoms with E-state index in [1.54, 1.807) is 0 Å². The molecule has 0 spiro atoms. The third-order valence-corrected chi connectivity index (χ3v) is 3.73. The standard InChI is InChI=1S/C6H13BO2.C6H11BO2/c2*8-7(9)6-4-2-1-3-5-6/h6,8-9H,1-5H2;4,8-9H,1-3,5H2. The third-order valence-electron chi connectivity index (χ3n) is 3.73. The fraction of sp³-hybridized carbons (Fsp3) is 0.833. The fourth-order valence-corrected chi connectivity index (χ4v) is 2.53. The van der Waals surface area contributed by atoms with Crippen LogP contribution in [0.4, 0.5) is 0 Å². The van der Waals surface area contributed by atoms with Crippen LogP contribution in [0.2, 0.25) is 5.82 Å². The zero-order valence-electron chi connectivity index (χ0n) is 11.0. The Kier molecular flexibility index (Phi) is 7.66. The van der Waals surface area contributed by atoms with Gasteiger partial charge in [0.15, 0.2) is 0 Å². The molecule has 0 bridgehead atoms. The molecule has 0 heterocycles. The molecule has 2 aliphatic carbocycles. The predicted molar refractivity (Wildman–Crippen MR) is 73.8 cm³/mol. The summed E-state index contributed by atoms with van der Waals surface area (Å²) in [6, 6.07) is 0. The van der Waals surface area contributed by atoms with E-state index in [4.69, 9.17) is 20.1 Å². The Labute approximate surface area is 110 Å². The molecule has 0 aromatic rings. The van der Waals surface area contributed by atoms with Crippen LogP contribution in [0.5, 0.6) is 0 Å². The Bertz CT molecular complexity index is 250. The minimum Gasteiger partial charge on any atom is -0.427 e. The van der Waals surface area contributed by atoms with E-state index in [2.05, 4.69) is 0 Å². The summed E-state index contributed by atoms with van der Waals surface area (Å²) in [5.41, 5.74) is 0.793. The van der Waals surface area contributed by atoms with E-state index < -0.39 is 14.2 Å². The van der Waals surface area contributed by atoms with Crippen LogP contribution in [0.1, 0.15) is 57.8 Å². The van der Waals surface area contributed by atoms with Gasteiger partial charge < -0.3 is 20.1 Å². The average Bonchev–Trinajstić information content (AvgIpc) is 2.41. The van der Waals surface area contributed by atoms with Gasteiger partial charge in [-0.25, -0.2) is 0 Å². The Morgan fingerprint density at radius 3 is 1.89 bits per heavy atom. The van der Waals surface area contributed by atoms with Gasteiger partial charge in [0.1, 0.15) is 0 Å². The van der Waals surface area contributed by atoms with Gasteiger partial charge in [-0.2, -0.15) is 0 Å². The van der Waals surface area contributed by atoms with E-state index >= 15 is 0 Å². The lowest BCUT2D eigenvalue weighted by molar-refractivity contribution is 0.351. The van der Waals surface area contributed by atoms with Crippen LogP contribution in [-0.4, -0.2) is 34.3 Å². The van der Waals surface area contributed by atoms with Crippen LogP contribution in [0.3, 0.4) is 0 Å². The summed E-state index contributed by atoms with van der Waals surface area (Å²) in [4.78, 5) is 0. The normalized spacial score (nSPS) is 20.6. The summed E-state index contributed by atoms with van der Waals surface area (Å²) < 4.78 is 0. The highest BCUT2D eigenvalue weighted by Gasteiger charge is 2.24. The number of rotatable bonds is 2. The van der Waals surface area contributed by atoms with Crippen molar-refractivity contribution in [2.24, 2.45) is 0 Å². The molecule has 1 fully saturated rings. The molecule has 2 rings (SSSR count). The lowest BCUT2D eigenvalue weighted by Crippen LogP contribution is -2.22. The predicted octanol–water partition coefficient (Wildman–Crippen LogP) is 1.29. The molecule has 102 valence electrons. The fourth-order valence-electron chi connectivity index (χ4n) is 2.53. The van der Waals surface area contributed by atoms with Gasteiger partial charge in [-0.1, -0.05) is 38.2 Å². The van der Waals surface area contributed by atoms with Crippen LogP contribution >= 0.6 is 0 Å². The van der Waals surface area contributed by atoms with Crippen molar-refractivity contribution in [2.75, 3.05) is 0 Å². The summed E-state index contributed by atoms with van der Waals surface area (Å²) in [6.45, 7) is 0. The Hall–Kier alpha value is -0.290. The molecule has 0 aromatic carbocycles. The van der Waals surface area contributed by atoms with Crippen molar-refractivity contribution in [2.45, 2.75) is 63.6 Å². The Morgan fingerprint density at radius 1 is 0.889 bits per heavy atom. The van der Waals surface area contributed by atoms with Gasteiger partial charge in [-0.3, -0.25) is 0 Å². The average molecular weight is 254 g/mol.